The van der Waals surface area contributed by atoms with Crippen molar-refractivity contribution in [3.8, 4) is 16.9 Å². The Hall–Kier alpha value is -3.93. The van der Waals surface area contributed by atoms with E-state index in [1.807, 2.05) is 60.7 Å². The molecule has 31 heavy (non-hydrogen) atoms. The molecule has 3 aromatic carbocycles. The van der Waals surface area contributed by atoms with Crippen molar-refractivity contribution in [3.05, 3.63) is 112 Å². The van der Waals surface area contributed by atoms with Crippen LogP contribution in [0.3, 0.4) is 0 Å². The van der Waals surface area contributed by atoms with Crippen molar-refractivity contribution in [2.45, 2.75) is 13.2 Å². The minimum atomic E-state index is -0.526. The summed E-state index contributed by atoms with van der Waals surface area (Å²) in [6.07, 6.45) is 1.47. The molecule has 0 fully saturated rings. The summed E-state index contributed by atoms with van der Waals surface area (Å²) in [7, 11) is 1.64. The van der Waals surface area contributed by atoms with Gasteiger partial charge in [0.25, 0.3) is 5.56 Å². The van der Waals surface area contributed by atoms with E-state index in [-0.39, 0.29) is 17.9 Å². The summed E-state index contributed by atoms with van der Waals surface area (Å²) in [5, 5.41) is 3.16. The highest BCUT2D eigenvalue weighted by Crippen LogP contribution is 2.24. The molecule has 0 saturated carbocycles. The van der Waals surface area contributed by atoms with Crippen LogP contribution in [-0.2, 0) is 20.2 Å². The van der Waals surface area contributed by atoms with E-state index in [1.54, 1.807) is 13.1 Å². The van der Waals surface area contributed by atoms with Crippen LogP contribution in [0.2, 0.25) is 0 Å². The predicted octanol–water partition coefficient (Wildman–Crippen LogP) is 4.78. The summed E-state index contributed by atoms with van der Waals surface area (Å²) in [6, 6.07) is 23.9. The molecule has 0 amide bonds. The average Bonchev–Trinajstić information content (AvgIpc) is 2.80. The first kappa shape index (κ1) is 20.3. The van der Waals surface area contributed by atoms with Gasteiger partial charge in [-0.3, -0.25) is 9.36 Å². The maximum Gasteiger partial charge on any atom is 0.262 e. The van der Waals surface area contributed by atoms with Crippen LogP contribution in [0.25, 0.3) is 11.1 Å². The van der Waals surface area contributed by atoms with Gasteiger partial charge < -0.3 is 10.1 Å². The summed E-state index contributed by atoms with van der Waals surface area (Å²) in [5.74, 6) is 0.0567. The zero-order chi connectivity index (χ0) is 21.6. The molecule has 0 atom stereocenters. The van der Waals surface area contributed by atoms with Gasteiger partial charge in [0.1, 0.15) is 6.61 Å². The van der Waals surface area contributed by atoms with Gasteiger partial charge in [0.2, 0.25) is 5.95 Å². The second-order valence-corrected chi connectivity index (χ2v) is 7.12. The van der Waals surface area contributed by atoms with Crippen molar-refractivity contribution in [2.75, 3.05) is 5.32 Å². The van der Waals surface area contributed by atoms with Gasteiger partial charge in [-0.15, -0.1) is 0 Å². The zero-order valence-electron chi connectivity index (χ0n) is 17.1. The molecule has 0 unspecified atom stereocenters. The molecule has 4 aromatic rings. The molecule has 156 valence electrons. The Kier molecular flexibility index (Phi) is 6.08. The normalized spacial score (nSPS) is 10.6. The van der Waals surface area contributed by atoms with E-state index in [4.69, 9.17) is 4.74 Å². The van der Waals surface area contributed by atoms with Gasteiger partial charge in [0.05, 0.1) is 5.56 Å². The second kappa shape index (κ2) is 9.26. The van der Waals surface area contributed by atoms with Crippen LogP contribution in [0.15, 0.2) is 89.9 Å². The lowest BCUT2D eigenvalue weighted by Gasteiger charge is -2.12. The van der Waals surface area contributed by atoms with E-state index < -0.39 is 5.82 Å². The Morgan fingerprint density at radius 1 is 0.968 bits per heavy atom. The van der Waals surface area contributed by atoms with Crippen molar-refractivity contribution < 1.29 is 9.13 Å². The molecule has 0 spiro atoms. The third kappa shape index (κ3) is 4.80. The number of hydrogen-bond acceptors (Lipinski definition) is 4. The Bertz CT molecular complexity index is 1220. The van der Waals surface area contributed by atoms with E-state index in [1.165, 1.54) is 22.9 Å². The Labute approximate surface area is 179 Å². The molecule has 6 heteroatoms. The van der Waals surface area contributed by atoms with E-state index in [0.29, 0.717) is 23.6 Å². The molecule has 5 nitrogen and oxygen atoms in total. The van der Waals surface area contributed by atoms with Crippen molar-refractivity contribution in [3.63, 3.8) is 0 Å². The lowest BCUT2D eigenvalue weighted by molar-refractivity contribution is 0.290. The SMILES string of the molecule is Cn1c(NCc2ccccc2)ncc(-c2ccc(OCc3ccccc3)c(F)c2)c1=O. The lowest BCUT2D eigenvalue weighted by Crippen LogP contribution is -2.23. The molecular formula is C25H22FN3O2. The number of nitrogens with one attached hydrogen (secondary N) is 1. The van der Waals surface area contributed by atoms with Crippen molar-refractivity contribution in [1.82, 2.24) is 9.55 Å². The highest BCUT2D eigenvalue weighted by atomic mass is 19.1. The highest BCUT2D eigenvalue weighted by molar-refractivity contribution is 5.63. The maximum absolute atomic E-state index is 14.6. The van der Waals surface area contributed by atoms with Crippen LogP contribution in [0, 0.1) is 5.82 Å². The molecule has 0 aliphatic rings. The van der Waals surface area contributed by atoms with Crippen LogP contribution < -0.4 is 15.6 Å². The third-order valence-corrected chi connectivity index (χ3v) is 4.94. The van der Waals surface area contributed by atoms with E-state index in [9.17, 15) is 9.18 Å². The summed E-state index contributed by atoms with van der Waals surface area (Å²) >= 11 is 0. The smallest absolute Gasteiger partial charge is 0.262 e. The van der Waals surface area contributed by atoms with Gasteiger partial charge >= 0.3 is 0 Å². The number of benzene rings is 3. The van der Waals surface area contributed by atoms with Gasteiger partial charge in [-0.2, -0.15) is 0 Å². The van der Waals surface area contributed by atoms with Gasteiger partial charge in [-0.1, -0.05) is 66.7 Å². The first-order chi connectivity index (χ1) is 15.1. The number of ether oxygens (including phenoxy) is 1. The van der Waals surface area contributed by atoms with Crippen LogP contribution in [0.5, 0.6) is 5.75 Å². The molecule has 1 N–H and O–H groups in total. The largest absolute Gasteiger partial charge is 0.486 e. The quantitative estimate of drug-likeness (QED) is 0.472. The number of aromatic nitrogens is 2. The van der Waals surface area contributed by atoms with E-state index in [0.717, 1.165) is 11.1 Å². The number of nitrogens with zero attached hydrogens (tertiary/aromatic N) is 2. The predicted molar refractivity (Wildman–Crippen MR) is 119 cm³/mol. The number of rotatable bonds is 7. The summed E-state index contributed by atoms with van der Waals surface area (Å²) < 4.78 is 21.6. The van der Waals surface area contributed by atoms with E-state index in [2.05, 4.69) is 10.3 Å². The minimum absolute atomic E-state index is 0.138. The van der Waals surface area contributed by atoms with Gasteiger partial charge in [-0.25, -0.2) is 9.37 Å². The van der Waals surface area contributed by atoms with E-state index >= 15 is 0 Å². The first-order valence-electron chi connectivity index (χ1n) is 9.92. The Morgan fingerprint density at radius 3 is 2.32 bits per heavy atom. The van der Waals surface area contributed by atoms with Crippen LogP contribution in [-0.4, -0.2) is 9.55 Å². The van der Waals surface area contributed by atoms with Gasteiger partial charge in [0.15, 0.2) is 11.6 Å². The number of halogens is 1. The van der Waals surface area contributed by atoms with Crippen molar-refractivity contribution in [2.24, 2.45) is 7.05 Å². The molecule has 0 aliphatic carbocycles. The van der Waals surface area contributed by atoms with Crippen molar-refractivity contribution in [1.29, 1.82) is 0 Å². The maximum atomic E-state index is 14.6. The van der Waals surface area contributed by atoms with Crippen LogP contribution in [0.4, 0.5) is 10.3 Å². The monoisotopic (exact) mass is 415 g/mol. The van der Waals surface area contributed by atoms with Gasteiger partial charge in [-0.05, 0) is 28.8 Å². The van der Waals surface area contributed by atoms with Gasteiger partial charge in [0, 0.05) is 19.8 Å². The standard InChI is InChI=1S/C25H22FN3O2/c1-29-24(30)21(16-28-25(29)27-15-18-8-4-2-5-9-18)20-12-13-23(22(26)14-20)31-17-19-10-6-3-7-11-19/h2-14,16H,15,17H2,1H3,(H,27,28). The summed E-state index contributed by atoms with van der Waals surface area (Å²) in [6.45, 7) is 0.810. The van der Waals surface area contributed by atoms with Crippen LogP contribution in [0.1, 0.15) is 11.1 Å². The fourth-order valence-electron chi connectivity index (χ4n) is 3.20. The molecule has 0 bridgehead atoms. The molecule has 0 saturated heterocycles. The fraction of sp³-hybridized carbons (Fsp3) is 0.120. The number of anilines is 1. The summed E-state index contributed by atoms with van der Waals surface area (Å²) in [5.41, 5.74) is 2.54. The lowest BCUT2D eigenvalue weighted by atomic mass is 10.1. The summed E-state index contributed by atoms with van der Waals surface area (Å²) in [4.78, 5) is 17.2. The average molecular weight is 415 g/mol. The molecule has 0 aliphatic heterocycles. The molecule has 1 aromatic heterocycles. The third-order valence-electron chi connectivity index (χ3n) is 4.94. The first-order valence-corrected chi connectivity index (χ1v) is 9.92. The zero-order valence-corrected chi connectivity index (χ0v) is 17.1. The topological polar surface area (TPSA) is 56.1 Å². The molecular weight excluding hydrogens is 393 g/mol. The fourth-order valence-corrected chi connectivity index (χ4v) is 3.20. The molecule has 0 radical (unpaired) electrons. The Balaban J connectivity index is 1.50. The molecule has 1 heterocycles. The number of hydrogen-bond donors (Lipinski definition) is 1. The highest BCUT2D eigenvalue weighted by Gasteiger charge is 2.12. The molecule has 4 rings (SSSR count). The Morgan fingerprint density at radius 2 is 1.65 bits per heavy atom. The second-order valence-electron chi connectivity index (χ2n) is 7.12. The van der Waals surface area contributed by atoms with Crippen molar-refractivity contribution >= 4 is 5.95 Å². The van der Waals surface area contributed by atoms with Crippen LogP contribution >= 0.6 is 0 Å². The minimum Gasteiger partial charge on any atom is -0.486 e.